The number of ether oxygens (including phenoxy) is 1. The first kappa shape index (κ1) is 21.7. The molecule has 0 unspecified atom stereocenters. The summed E-state index contributed by atoms with van der Waals surface area (Å²) in [6.07, 6.45) is 0.679. The van der Waals surface area contributed by atoms with Crippen molar-refractivity contribution < 1.29 is 17.9 Å². The van der Waals surface area contributed by atoms with Gasteiger partial charge >= 0.3 is 6.09 Å². The minimum Gasteiger partial charge on any atom is -0.444 e. The van der Waals surface area contributed by atoms with E-state index in [1.165, 1.54) is 4.31 Å². The lowest BCUT2D eigenvalue weighted by Crippen LogP contribution is -2.47. The number of carbonyl (C=O) groups is 1. The average molecular weight is 397 g/mol. The molecule has 1 aliphatic heterocycles. The van der Waals surface area contributed by atoms with Crippen molar-refractivity contribution in [3.05, 3.63) is 29.8 Å². The number of rotatable bonds is 3. The van der Waals surface area contributed by atoms with Crippen LogP contribution in [0, 0.1) is 0 Å². The molecule has 2 rings (SSSR count). The SMILES string of the molecule is CC(C)(C)OC(=O)NC1CCN(S(=O)(=O)c2ccc(C(C)(C)C)cc2)CC1. The molecule has 1 aliphatic rings. The Morgan fingerprint density at radius 2 is 1.56 bits per heavy atom. The molecule has 27 heavy (non-hydrogen) atoms. The highest BCUT2D eigenvalue weighted by molar-refractivity contribution is 7.89. The van der Waals surface area contributed by atoms with E-state index in [-0.39, 0.29) is 11.5 Å². The molecule has 0 atom stereocenters. The van der Waals surface area contributed by atoms with E-state index in [2.05, 4.69) is 26.1 Å². The summed E-state index contributed by atoms with van der Waals surface area (Å²) in [5.41, 5.74) is 0.531. The lowest BCUT2D eigenvalue weighted by molar-refractivity contribution is 0.0489. The number of hydrogen-bond donors (Lipinski definition) is 1. The molecule has 0 bridgehead atoms. The van der Waals surface area contributed by atoms with Gasteiger partial charge < -0.3 is 10.1 Å². The fourth-order valence-electron chi connectivity index (χ4n) is 2.99. The highest BCUT2D eigenvalue weighted by Gasteiger charge is 2.31. The van der Waals surface area contributed by atoms with Crippen molar-refractivity contribution in [2.75, 3.05) is 13.1 Å². The van der Waals surface area contributed by atoms with Gasteiger partial charge in [0.05, 0.1) is 4.90 Å². The van der Waals surface area contributed by atoms with Crippen LogP contribution in [0.25, 0.3) is 0 Å². The van der Waals surface area contributed by atoms with Crippen LogP contribution >= 0.6 is 0 Å². The van der Waals surface area contributed by atoms with Crippen molar-refractivity contribution in [1.82, 2.24) is 9.62 Å². The molecule has 152 valence electrons. The summed E-state index contributed by atoms with van der Waals surface area (Å²) >= 11 is 0. The van der Waals surface area contributed by atoms with Crippen molar-refractivity contribution in [2.45, 2.75) is 76.3 Å². The van der Waals surface area contributed by atoms with Crippen LogP contribution in [0.3, 0.4) is 0 Å². The summed E-state index contributed by atoms with van der Waals surface area (Å²) in [7, 11) is -3.52. The van der Waals surface area contributed by atoms with Gasteiger partial charge in [0.15, 0.2) is 0 Å². The zero-order valence-corrected chi connectivity index (χ0v) is 18.0. The Labute approximate surface area is 163 Å². The van der Waals surface area contributed by atoms with E-state index in [1.807, 2.05) is 32.9 Å². The third kappa shape index (κ3) is 5.94. The Morgan fingerprint density at radius 1 is 1.04 bits per heavy atom. The number of benzene rings is 1. The Kier molecular flexibility index (Phi) is 6.26. The second-order valence-corrected chi connectivity index (χ2v) is 11.0. The number of amides is 1. The van der Waals surface area contributed by atoms with E-state index >= 15 is 0 Å². The van der Waals surface area contributed by atoms with Crippen molar-refractivity contribution in [2.24, 2.45) is 0 Å². The van der Waals surface area contributed by atoms with Crippen LogP contribution in [-0.4, -0.2) is 43.5 Å². The molecule has 7 heteroatoms. The zero-order valence-electron chi connectivity index (χ0n) is 17.2. The zero-order chi connectivity index (χ0) is 20.5. The highest BCUT2D eigenvalue weighted by atomic mass is 32.2. The van der Waals surface area contributed by atoms with Gasteiger partial charge in [0.1, 0.15) is 5.60 Å². The molecular formula is C20H32N2O4S. The number of sulfonamides is 1. The summed E-state index contributed by atoms with van der Waals surface area (Å²) in [6, 6.07) is 7.05. The number of piperidine rings is 1. The number of alkyl carbamates (subject to hydrolysis) is 1. The minimum atomic E-state index is -3.52. The van der Waals surface area contributed by atoms with Crippen LogP contribution in [0.1, 0.15) is 59.9 Å². The van der Waals surface area contributed by atoms with E-state index in [1.54, 1.807) is 12.1 Å². The molecule has 1 amide bonds. The Balaban J connectivity index is 1.97. The standard InChI is InChI=1S/C20H32N2O4S/c1-19(2,3)15-7-9-17(10-8-15)27(24,25)22-13-11-16(12-14-22)21-18(23)26-20(4,5)6/h7-10,16H,11-14H2,1-6H3,(H,21,23). The lowest BCUT2D eigenvalue weighted by Gasteiger charge is -2.32. The molecule has 1 fully saturated rings. The third-order valence-corrected chi connectivity index (χ3v) is 6.45. The van der Waals surface area contributed by atoms with Gasteiger partial charge in [0.2, 0.25) is 10.0 Å². The Morgan fingerprint density at radius 3 is 2.00 bits per heavy atom. The molecule has 1 saturated heterocycles. The normalized spacial score (nSPS) is 17.6. The van der Waals surface area contributed by atoms with Gasteiger partial charge in [0.25, 0.3) is 0 Å². The molecule has 1 aromatic rings. The van der Waals surface area contributed by atoms with Crippen molar-refractivity contribution >= 4 is 16.1 Å². The van der Waals surface area contributed by atoms with Gasteiger partial charge in [-0.2, -0.15) is 4.31 Å². The quantitative estimate of drug-likeness (QED) is 0.846. The smallest absolute Gasteiger partial charge is 0.407 e. The average Bonchev–Trinajstić information content (AvgIpc) is 2.53. The summed E-state index contributed by atoms with van der Waals surface area (Å²) in [5, 5.41) is 2.83. The highest BCUT2D eigenvalue weighted by Crippen LogP contribution is 2.26. The van der Waals surface area contributed by atoms with Gasteiger partial charge in [-0.15, -0.1) is 0 Å². The van der Waals surface area contributed by atoms with Crippen molar-refractivity contribution in [1.29, 1.82) is 0 Å². The van der Waals surface area contributed by atoms with Crippen LogP contribution in [-0.2, 0) is 20.2 Å². The Bertz CT molecular complexity index is 751. The summed E-state index contributed by atoms with van der Waals surface area (Å²) < 4.78 is 32.5. The predicted octanol–water partition coefficient (Wildman–Crippen LogP) is 3.66. The molecule has 0 aromatic heterocycles. The van der Waals surface area contributed by atoms with Gasteiger partial charge in [-0.1, -0.05) is 32.9 Å². The largest absolute Gasteiger partial charge is 0.444 e. The molecule has 6 nitrogen and oxygen atoms in total. The maximum absolute atomic E-state index is 12.9. The van der Waals surface area contributed by atoms with Gasteiger partial charge in [-0.25, -0.2) is 13.2 Å². The predicted molar refractivity (Wildman–Crippen MR) is 106 cm³/mol. The number of hydrogen-bond acceptors (Lipinski definition) is 4. The maximum Gasteiger partial charge on any atom is 0.407 e. The minimum absolute atomic E-state index is 0.0199. The Hall–Kier alpha value is -1.60. The van der Waals surface area contributed by atoms with Crippen LogP contribution < -0.4 is 5.32 Å². The fourth-order valence-corrected chi connectivity index (χ4v) is 4.46. The second-order valence-electron chi connectivity index (χ2n) is 9.10. The first-order valence-electron chi connectivity index (χ1n) is 9.39. The van der Waals surface area contributed by atoms with E-state index in [9.17, 15) is 13.2 Å². The molecule has 1 aromatic carbocycles. The summed E-state index contributed by atoms with van der Waals surface area (Å²) in [6.45, 7) is 12.5. The van der Waals surface area contributed by atoms with Gasteiger partial charge in [0, 0.05) is 19.1 Å². The molecule has 1 N–H and O–H groups in total. The fraction of sp³-hybridized carbons (Fsp3) is 0.650. The molecule has 0 saturated carbocycles. The first-order valence-corrected chi connectivity index (χ1v) is 10.8. The van der Waals surface area contributed by atoms with Crippen LogP contribution in [0.5, 0.6) is 0 Å². The topological polar surface area (TPSA) is 75.7 Å². The third-order valence-electron chi connectivity index (χ3n) is 4.53. The van der Waals surface area contributed by atoms with Crippen molar-refractivity contribution in [3.8, 4) is 0 Å². The molecule has 0 aliphatic carbocycles. The van der Waals surface area contributed by atoms with E-state index < -0.39 is 21.7 Å². The van der Waals surface area contributed by atoms with Crippen molar-refractivity contribution in [3.63, 3.8) is 0 Å². The summed E-state index contributed by atoms with van der Waals surface area (Å²) in [4.78, 5) is 12.2. The van der Waals surface area contributed by atoms with E-state index in [0.717, 1.165) is 5.56 Å². The monoisotopic (exact) mass is 396 g/mol. The first-order chi connectivity index (χ1) is 12.3. The second kappa shape index (κ2) is 7.80. The number of nitrogens with zero attached hydrogens (tertiary/aromatic N) is 1. The van der Waals surface area contributed by atoms with E-state index in [4.69, 9.17) is 4.74 Å². The number of nitrogens with one attached hydrogen (secondary N) is 1. The number of carbonyl (C=O) groups excluding carboxylic acids is 1. The summed E-state index contributed by atoms with van der Waals surface area (Å²) in [5.74, 6) is 0. The molecule has 1 heterocycles. The van der Waals surface area contributed by atoms with Crippen LogP contribution in [0.15, 0.2) is 29.2 Å². The van der Waals surface area contributed by atoms with Gasteiger partial charge in [-0.05, 0) is 56.7 Å². The van der Waals surface area contributed by atoms with Gasteiger partial charge in [-0.3, -0.25) is 0 Å². The van der Waals surface area contributed by atoms with Crippen LogP contribution in [0.4, 0.5) is 4.79 Å². The lowest BCUT2D eigenvalue weighted by atomic mass is 9.87. The van der Waals surface area contributed by atoms with E-state index in [0.29, 0.717) is 30.8 Å². The molecule has 0 spiro atoms. The molecular weight excluding hydrogens is 364 g/mol. The van der Waals surface area contributed by atoms with Crippen LogP contribution in [0.2, 0.25) is 0 Å². The molecule has 0 radical (unpaired) electrons. The maximum atomic E-state index is 12.9.